The van der Waals surface area contributed by atoms with Crippen LogP contribution in [0.15, 0.2) is 4.99 Å². The number of hydrogen-bond donors (Lipinski definition) is 3. The second-order valence-corrected chi connectivity index (χ2v) is 9.19. The fourth-order valence-electron chi connectivity index (χ4n) is 3.25. The smallest absolute Gasteiger partial charge is 0.244 e. The molecule has 1 fully saturated rings. The summed E-state index contributed by atoms with van der Waals surface area (Å²) in [6.07, 6.45) is 7.03. The number of nitrogens with two attached hydrogens (primary N) is 1. The summed E-state index contributed by atoms with van der Waals surface area (Å²) in [5.41, 5.74) is 5.81. The van der Waals surface area contributed by atoms with Crippen LogP contribution in [0, 0.1) is 17.3 Å². The van der Waals surface area contributed by atoms with Gasteiger partial charge in [-0.2, -0.15) is 0 Å². The van der Waals surface area contributed by atoms with E-state index >= 15 is 0 Å². The van der Waals surface area contributed by atoms with Crippen LogP contribution in [0.2, 0.25) is 0 Å². The van der Waals surface area contributed by atoms with Gasteiger partial charge in [0.15, 0.2) is 5.96 Å². The van der Waals surface area contributed by atoms with E-state index in [9.17, 15) is 9.59 Å². The molecule has 0 unspecified atom stereocenters. The van der Waals surface area contributed by atoms with E-state index in [4.69, 9.17) is 5.73 Å². The number of nitrogens with one attached hydrogen (secondary N) is 2. The number of nitrogens with zero attached hydrogens (tertiary/aromatic N) is 1. The minimum Gasteiger partial charge on any atom is -0.370 e. The Kier molecular flexibility index (Phi) is 9.09. The van der Waals surface area contributed by atoms with Crippen LogP contribution in [-0.2, 0) is 9.59 Å². The summed E-state index contributed by atoms with van der Waals surface area (Å²) in [7, 11) is 0. The SMILES string of the molecule is CC(C)CNC(=O)[C@@H](CC1CCCCC1)N=C(N)NC(=O)CC(C)(C)C. The van der Waals surface area contributed by atoms with Gasteiger partial charge in [0.2, 0.25) is 11.8 Å². The Balaban J connectivity index is 2.74. The first-order valence-electron chi connectivity index (χ1n) is 9.97. The molecule has 0 aliphatic heterocycles. The van der Waals surface area contributed by atoms with Gasteiger partial charge in [0.1, 0.15) is 6.04 Å². The van der Waals surface area contributed by atoms with E-state index in [-0.39, 0.29) is 23.2 Å². The van der Waals surface area contributed by atoms with Crippen molar-refractivity contribution < 1.29 is 9.59 Å². The maximum Gasteiger partial charge on any atom is 0.244 e. The fraction of sp³-hybridized carbons (Fsp3) is 0.850. The van der Waals surface area contributed by atoms with Crippen molar-refractivity contribution in [2.24, 2.45) is 28.0 Å². The number of hydrogen-bond acceptors (Lipinski definition) is 3. The van der Waals surface area contributed by atoms with Gasteiger partial charge in [0.25, 0.3) is 0 Å². The third-order valence-corrected chi connectivity index (χ3v) is 4.52. The molecule has 1 aliphatic rings. The minimum absolute atomic E-state index is 0.0414. The average molecular weight is 367 g/mol. The van der Waals surface area contributed by atoms with Gasteiger partial charge in [-0.1, -0.05) is 66.7 Å². The Morgan fingerprint density at radius 1 is 1.15 bits per heavy atom. The van der Waals surface area contributed by atoms with E-state index in [0.717, 1.165) is 12.8 Å². The second-order valence-electron chi connectivity index (χ2n) is 9.19. The number of carbonyl (C=O) groups is 2. The van der Waals surface area contributed by atoms with Gasteiger partial charge in [0.05, 0.1) is 0 Å². The van der Waals surface area contributed by atoms with Gasteiger partial charge < -0.3 is 11.1 Å². The van der Waals surface area contributed by atoms with Gasteiger partial charge >= 0.3 is 0 Å². The zero-order chi connectivity index (χ0) is 19.7. The molecule has 2 amide bonds. The molecule has 1 atom stereocenters. The first-order chi connectivity index (χ1) is 12.1. The normalized spacial score (nSPS) is 17.8. The lowest BCUT2D eigenvalue weighted by atomic mass is 9.84. The van der Waals surface area contributed by atoms with Gasteiger partial charge in [-0.15, -0.1) is 0 Å². The molecule has 1 aliphatic carbocycles. The lowest BCUT2D eigenvalue weighted by molar-refractivity contribution is -0.123. The fourth-order valence-corrected chi connectivity index (χ4v) is 3.25. The number of aliphatic imine (C=N–C) groups is 1. The highest BCUT2D eigenvalue weighted by Crippen LogP contribution is 2.28. The van der Waals surface area contributed by atoms with Gasteiger partial charge in [0, 0.05) is 13.0 Å². The predicted octanol–water partition coefficient (Wildman–Crippen LogP) is 2.96. The molecule has 6 heteroatoms. The molecule has 26 heavy (non-hydrogen) atoms. The molecule has 0 aromatic carbocycles. The van der Waals surface area contributed by atoms with Crippen molar-refractivity contribution in [3.8, 4) is 0 Å². The third kappa shape index (κ3) is 9.78. The lowest BCUT2D eigenvalue weighted by Gasteiger charge is -2.25. The zero-order valence-corrected chi connectivity index (χ0v) is 17.2. The van der Waals surface area contributed by atoms with Crippen molar-refractivity contribution >= 4 is 17.8 Å². The lowest BCUT2D eigenvalue weighted by Crippen LogP contribution is -2.42. The van der Waals surface area contributed by atoms with Crippen LogP contribution in [0.5, 0.6) is 0 Å². The Morgan fingerprint density at radius 2 is 1.77 bits per heavy atom. The van der Waals surface area contributed by atoms with E-state index < -0.39 is 6.04 Å². The summed E-state index contributed by atoms with van der Waals surface area (Å²) in [4.78, 5) is 29.0. The number of guanidine groups is 1. The van der Waals surface area contributed by atoms with Crippen LogP contribution in [0.1, 0.15) is 79.6 Å². The molecule has 0 saturated heterocycles. The molecular formula is C20H38N4O2. The molecule has 0 radical (unpaired) electrons. The van der Waals surface area contributed by atoms with E-state index in [1.54, 1.807) is 0 Å². The summed E-state index contributed by atoms with van der Waals surface area (Å²) < 4.78 is 0. The molecule has 4 N–H and O–H groups in total. The number of rotatable bonds is 7. The highest BCUT2D eigenvalue weighted by Gasteiger charge is 2.25. The molecule has 1 rings (SSSR count). The summed E-state index contributed by atoms with van der Waals surface area (Å²) in [5.74, 6) is 0.650. The van der Waals surface area contributed by atoms with E-state index in [1.807, 2.05) is 20.8 Å². The highest BCUT2D eigenvalue weighted by molar-refractivity contribution is 5.97. The van der Waals surface area contributed by atoms with Crippen LogP contribution < -0.4 is 16.4 Å². The van der Waals surface area contributed by atoms with Crippen LogP contribution in [0.25, 0.3) is 0 Å². The summed E-state index contributed by atoms with van der Waals surface area (Å²) in [6.45, 7) is 10.7. The van der Waals surface area contributed by atoms with Crippen molar-refractivity contribution in [2.45, 2.75) is 85.6 Å². The standard InChI is InChI=1S/C20H38N4O2/c1-14(2)13-22-18(26)16(11-15-9-7-6-8-10-15)23-19(21)24-17(25)12-20(3,4)5/h14-16H,6-13H2,1-5H3,(H,22,26)(H3,21,23,24,25)/t16-/m1/s1. The second kappa shape index (κ2) is 10.5. The molecule has 0 aromatic heterocycles. The molecule has 150 valence electrons. The molecule has 0 spiro atoms. The number of amides is 2. The largest absolute Gasteiger partial charge is 0.370 e. The molecule has 0 aromatic rings. The average Bonchev–Trinajstić information content (AvgIpc) is 2.50. The van der Waals surface area contributed by atoms with Crippen molar-refractivity contribution in [1.82, 2.24) is 10.6 Å². The quantitative estimate of drug-likeness (QED) is 0.477. The zero-order valence-electron chi connectivity index (χ0n) is 17.2. The summed E-state index contributed by atoms with van der Waals surface area (Å²) >= 11 is 0. The van der Waals surface area contributed by atoms with Gasteiger partial charge in [-0.3, -0.25) is 14.9 Å². The van der Waals surface area contributed by atoms with E-state index in [0.29, 0.717) is 31.2 Å². The molecule has 0 heterocycles. The molecule has 6 nitrogen and oxygen atoms in total. The van der Waals surface area contributed by atoms with Crippen LogP contribution in [0.3, 0.4) is 0 Å². The third-order valence-electron chi connectivity index (χ3n) is 4.52. The minimum atomic E-state index is -0.535. The maximum absolute atomic E-state index is 12.6. The monoisotopic (exact) mass is 366 g/mol. The van der Waals surface area contributed by atoms with Crippen molar-refractivity contribution in [3.05, 3.63) is 0 Å². The van der Waals surface area contributed by atoms with Gasteiger partial charge in [-0.05, 0) is 23.7 Å². The Labute approximate surface area is 158 Å². The Bertz CT molecular complexity index is 489. The Hall–Kier alpha value is -1.59. The van der Waals surface area contributed by atoms with Crippen molar-refractivity contribution in [3.63, 3.8) is 0 Å². The summed E-state index contributed by atoms with van der Waals surface area (Å²) in [6, 6.07) is -0.535. The topological polar surface area (TPSA) is 96.6 Å². The van der Waals surface area contributed by atoms with E-state index in [2.05, 4.69) is 29.5 Å². The highest BCUT2D eigenvalue weighted by atomic mass is 16.2. The van der Waals surface area contributed by atoms with Crippen LogP contribution in [-0.4, -0.2) is 30.4 Å². The van der Waals surface area contributed by atoms with E-state index in [1.165, 1.54) is 19.3 Å². The van der Waals surface area contributed by atoms with Crippen LogP contribution in [0.4, 0.5) is 0 Å². The predicted molar refractivity (Wildman–Crippen MR) is 107 cm³/mol. The molecule has 1 saturated carbocycles. The first kappa shape index (κ1) is 22.5. The molecular weight excluding hydrogens is 328 g/mol. The van der Waals surface area contributed by atoms with Crippen molar-refractivity contribution in [1.29, 1.82) is 0 Å². The first-order valence-corrected chi connectivity index (χ1v) is 9.97. The summed E-state index contributed by atoms with van der Waals surface area (Å²) in [5, 5.41) is 5.59. The van der Waals surface area contributed by atoms with Crippen LogP contribution >= 0.6 is 0 Å². The van der Waals surface area contributed by atoms with Crippen molar-refractivity contribution in [2.75, 3.05) is 6.54 Å². The Morgan fingerprint density at radius 3 is 2.31 bits per heavy atom. The number of carbonyl (C=O) groups excluding carboxylic acids is 2. The maximum atomic E-state index is 12.6. The molecule has 0 bridgehead atoms. The van der Waals surface area contributed by atoms with Gasteiger partial charge in [-0.25, -0.2) is 4.99 Å².